The molecule has 0 amide bonds. The van der Waals surface area contributed by atoms with E-state index in [1.807, 2.05) is 20.8 Å². The first kappa shape index (κ1) is 16.2. The minimum Gasteiger partial charge on any atom is -0.464 e. The van der Waals surface area contributed by atoms with E-state index in [1.54, 1.807) is 0 Å². The van der Waals surface area contributed by atoms with Crippen LogP contribution in [0.5, 0.6) is 0 Å². The first-order valence-electron chi connectivity index (χ1n) is 7.05. The van der Waals surface area contributed by atoms with Crippen LogP contribution in [0.15, 0.2) is 0 Å². The summed E-state index contributed by atoms with van der Waals surface area (Å²) >= 11 is 1.53. The summed E-state index contributed by atoms with van der Waals surface area (Å²) in [5, 5.41) is 10.7. The van der Waals surface area contributed by atoms with Crippen LogP contribution in [0.3, 0.4) is 0 Å². The number of anilines is 1. The predicted molar refractivity (Wildman–Crippen MR) is 83.1 cm³/mol. The van der Waals surface area contributed by atoms with E-state index in [0.717, 1.165) is 36.2 Å². The Hall–Kier alpha value is -1.18. The molecule has 1 saturated heterocycles. The van der Waals surface area contributed by atoms with Crippen molar-refractivity contribution in [2.75, 3.05) is 44.7 Å². The number of aryl methyl sites for hydroxylation is 1. The summed E-state index contributed by atoms with van der Waals surface area (Å²) in [4.78, 5) is 21.3. The highest BCUT2D eigenvalue weighted by Crippen LogP contribution is 2.27. The number of hydrogen-bond donors (Lipinski definition) is 1. The van der Waals surface area contributed by atoms with Crippen molar-refractivity contribution < 1.29 is 14.6 Å². The van der Waals surface area contributed by atoms with Crippen LogP contribution >= 0.6 is 11.3 Å². The molecule has 2 rings (SSSR count). The number of nitrogens with zero attached hydrogens (tertiary/aromatic N) is 3. The van der Waals surface area contributed by atoms with Crippen LogP contribution in [0.1, 0.15) is 29.2 Å². The van der Waals surface area contributed by atoms with E-state index in [4.69, 9.17) is 4.74 Å². The molecule has 118 valence electrons. The molecule has 0 radical (unpaired) electrons. The Balaban J connectivity index is 1.98. The summed E-state index contributed by atoms with van der Waals surface area (Å²) in [5.41, 5.74) is -0.255. The van der Waals surface area contributed by atoms with E-state index in [1.165, 1.54) is 18.4 Å². The molecule has 21 heavy (non-hydrogen) atoms. The molecule has 0 aliphatic carbocycles. The molecule has 0 spiro atoms. The number of esters is 1. The number of ether oxygens (including phenoxy) is 1. The Morgan fingerprint density at radius 1 is 1.38 bits per heavy atom. The third kappa shape index (κ3) is 4.15. The molecule has 0 aromatic carbocycles. The molecule has 1 aliphatic rings. The number of carbonyl (C=O) groups excluding carboxylic acids is 1. The van der Waals surface area contributed by atoms with Gasteiger partial charge in [0.05, 0.1) is 12.7 Å². The first-order chi connectivity index (χ1) is 9.80. The zero-order valence-electron chi connectivity index (χ0n) is 13.0. The third-order valence-electron chi connectivity index (χ3n) is 3.42. The fourth-order valence-corrected chi connectivity index (χ4v) is 3.40. The van der Waals surface area contributed by atoms with Gasteiger partial charge in [0.25, 0.3) is 0 Å². The van der Waals surface area contributed by atoms with Crippen molar-refractivity contribution >= 4 is 22.4 Å². The summed E-state index contributed by atoms with van der Waals surface area (Å²) in [5.74, 6) is -0.379. The highest BCUT2D eigenvalue weighted by atomic mass is 32.1. The van der Waals surface area contributed by atoms with Gasteiger partial charge in [-0.05, 0) is 20.8 Å². The van der Waals surface area contributed by atoms with Gasteiger partial charge in [-0.3, -0.25) is 4.90 Å². The predicted octanol–water partition coefficient (Wildman–Crippen LogP) is 1.13. The molecular weight excluding hydrogens is 290 g/mol. The summed E-state index contributed by atoms with van der Waals surface area (Å²) in [6.45, 7) is 9.68. The average Bonchev–Trinajstić information content (AvgIpc) is 2.79. The summed E-state index contributed by atoms with van der Waals surface area (Å²) in [6, 6.07) is 0. The van der Waals surface area contributed by atoms with Gasteiger partial charge in [0.2, 0.25) is 0 Å². The number of aromatic nitrogens is 1. The van der Waals surface area contributed by atoms with Crippen LogP contribution in [0.2, 0.25) is 0 Å². The molecule has 0 bridgehead atoms. The lowest BCUT2D eigenvalue weighted by Gasteiger charge is -2.37. The zero-order chi connectivity index (χ0) is 15.6. The molecule has 7 heteroatoms. The first-order valence-corrected chi connectivity index (χ1v) is 7.87. The Morgan fingerprint density at radius 2 is 2.00 bits per heavy atom. The Bertz CT molecular complexity index is 502. The number of β-amino-alcohol motifs (C(OH)–C–C–N with tert-alkyl or cyclic N) is 1. The molecule has 1 aromatic heterocycles. The number of aliphatic hydroxyl groups is 1. The molecule has 0 unspecified atom stereocenters. The maximum Gasteiger partial charge on any atom is 0.357 e. The lowest BCUT2D eigenvalue weighted by atomic mass is 10.1. The molecule has 1 N–H and O–H groups in total. The molecule has 0 atom stereocenters. The molecule has 1 aromatic rings. The van der Waals surface area contributed by atoms with Crippen molar-refractivity contribution in [3.8, 4) is 0 Å². The second-order valence-electron chi connectivity index (χ2n) is 5.97. The van der Waals surface area contributed by atoms with Crippen LogP contribution in [0.4, 0.5) is 5.13 Å². The number of thiazole rings is 1. The van der Waals surface area contributed by atoms with Crippen molar-refractivity contribution in [1.82, 2.24) is 9.88 Å². The van der Waals surface area contributed by atoms with Crippen LogP contribution in [0, 0.1) is 6.92 Å². The van der Waals surface area contributed by atoms with Crippen LogP contribution < -0.4 is 4.90 Å². The fraction of sp³-hybridized carbons (Fsp3) is 0.714. The minimum absolute atomic E-state index is 0.379. The highest BCUT2D eigenvalue weighted by molar-refractivity contribution is 7.15. The molecule has 6 nitrogen and oxygen atoms in total. The number of hydrogen-bond acceptors (Lipinski definition) is 7. The summed E-state index contributed by atoms with van der Waals surface area (Å²) < 4.78 is 4.74. The summed E-state index contributed by atoms with van der Waals surface area (Å²) in [6.07, 6.45) is 0. The second kappa shape index (κ2) is 6.29. The Labute approximate surface area is 129 Å². The van der Waals surface area contributed by atoms with E-state index >= 15 is 0 Å². The fourth-order valence-electron chi connectivity index (χ4n) is 2.45. The van der Waals surface area contributed by atoms with Crippen molar-refractivity contribution in [3.63, 3.8) is 0 Å². The lowest BCUT2D eigenvalue weighted by molar-refractivity contribution is 0.0344. The number of rotatable bonds is 4. The normalized spacial score (nSPS) is 17.1. The van der Waals surface area contributed by atoms with Gasteiger partial charge in [0.15, 0.2) is 10.8 Å². The molecule has 2 heterocycles. The van der Waals surface area contributed by atoms with E-state index in [9.17, 15) is 9.90 Å². The Morgan fingerprint density at radius 3 is 2.52 bits per heavy atom. The van der Waals surface area contributed by atoms with Gasteiger partial charge < -0.3 is 14.7 Å². The molecule has 1 aliphatic heterocycles. The minimum atomic E-state index is -0.669. The lowest BCUT2D eigenvalue weighted by Crippen LogP contribution is -2.50. The van der Waals surface area contributed by atoms with E-state index in [-0.39, 0.29) is 5.97 Å². The van der Waals surface area contributed by atoms with Crippen molar-refractivity contribution in [2.45, 2.75) is 26.4 Å². The van der Waals surface area contributed by atoms with Crippen molar-refractivity contribution in [1.29, 1.82) is 0 Å². The van der Waals surface area contributed by atoms with E-state index < -0.39 is 5.60 Å². The Kier molecular flexibility index (Phi) is 4.85. The smallest absolute Gasteiger partial charge is 0.357 e. The van der Waals surface area contributed by atoms with Gasteiger partial charge in [-0.25, -0.2) is 9.78 Å². The highest BCUT2D eigenvalue weighted by Gasteiger charge is 2.25. The van der Waals surface area contributed by atoms with E-state index in [2.05, 4.69) is 14.8 Å². The van der Waals surface area contributed by atoms with Gasteiger partial charge in [-0.15, -0.1) is 11.3 Å². The van der Waals surface area contributed by atoms with Crippen LogP contribution in [-0.2, 0) is 4.74 Å². The molecular formula is C14H23N3O3S. The summed E-state index contributed by atoms with van der Waals surface area (Å²) in [7, 11) is 1.37. The molecule has 1 fully saturated rings. The third-order valence-corrected chi connectivity index (χ3v) is 4.45. The van der Waals surface area contributed by atoms with Gasteiger partial charge in [-0.1, -0.05) is 0 Å². The maximum atomic E-state index is 11.6. The topological polar surface area (TPSA) is 65.9 Å². The van der Waals surface area contributed by atoms with E-state index in [0.29, 0.717) is 12.2 Å². The number of carbonyl (C=O) groups is 1. The maximum absolute atomic E-state index is 11.6. The van der Waals surface area contributed by atoms with Crippen LogP contribution in [-0.4, -0.2) is 66.4 Å². The van der Waals surface area contributed by atoms with Gasteiger partial charge in [0, 0.05) is 37.6 Å². The van der Waals surface area contributed by atoms with Crippen molar-refractivity contribution in [3.05, 3.63) is 10.6 Å². The van der Waals surface area contributed by atoms with Crippen molar-refractivity contribution in [2.24, 2.45) is 0 Å². The zero-order valence-corrected chi connectivity index (χ0v) is 13.9. The standard InChI is InChI=1S/C14H23N3O3S/c1-10-11(12(18)20-4)15-13(21-10)17-7-5-16(6-8-17)9-14(2,3)19/h19H,5-9H2,1-4H3. The SMILES string of the molecule is COC(=O)c1nc(N2CCN(CC(C)(C)O)CC2)sc1C. The second-order valence-corrected chi connectivity index (χ2v) is 7.15. The number of methoxy groups -OCH3 is 1. The average molecular weight is 313 g/mol. The van der Waals surface area contributed by atoms with Gasteiger partial charge >= 0.3 is 5.97 Å². The largest absolute Gasteiger partial charge is 0.464 e. The van der Waals surface area contributed by atoms with Crippen LogP contribution in [0.25, 0.3) is 0 Å². The van der Waals surface area contributed by atoms with Gasteiger partial charge in [0.1, 0.15) is 0 Å². The van der Waals surface area contributed by atoms with Gasteiger partial charge in [-0.2, -0.15) is 0 Å². The molecule has 0 saturated carbocycles. The quantitative estimate of drug-likeness (QED) is 0.841. The number of piperazine rings is 1. The monoisotopic (exact) mass is 313 g/mol.